The van der Waals surface area contributed by atoms with E-state index in [1.54, 1.807) is 4.90 Å². The molecule has 11 heteroatoms. The number of nitrogens with zero attached hydrogens (tertiary/aromatic N) is 1. The highest BCUT2D eigenvalue weighted by Gasteiger charge is 2.38. The monoisotopic (exact) mass is 660 g/mol. The number of ether oxygens (including phenoxy) is 1. The van der Waals surface area contributed by atoms with Crippen molar-refractivity contribution in [2.24, 2.45) is 5.73 Å². The number of aryl methyl sites for hydroxylation is 1. The largest absolute Gasteiger partial charge is 0.490 e. The first-order chi connectivity index (χ1) is 21.9. The molecular formula is C35H40ClF3N2O5. The quantitative estimate of drug-likeness (QED) is 0.242. The molecule has 3 aromatic carbocycles. The number of nitrogens with two attached hydrogens (primary N) is 1. The van der Waals surface area contributed by atoms with E-state index in [1.807, 2.05) is 43.3 Å². The van der Waals surface area contributed by atoms with Gasteiger partial charge < -0.3 is 30.7 Å². The SMILES string of the molecule is Cc1cc(Cl)c(Cc2ccc(OC3CCN(C(=O)C[C@H](N)Cc4cc(F)c(F)cc4F)CC3)cc2)cc1[C@@H]1CC[C@@H](O)[C@H](O)[C@H]1O. The van der Waals surface area contributed by atoms with Gasteiger partial charge in [0.25, 0.3) is 0 Å². The number of aliphatic hydroxyl groups is 3. The molecule has 5 N–H and O–H groups in total. The topological polar surface area (TPSA) is 116 Å². The number of likely N-dealkylation sites (tertiary alicyclic amines) is 1. The number of hydrogen-bond donors (Lipinski definition) is 4. The minimum absolute atomic E-state index is 0.0375. The number of hydrogen-bond acceptors (Lipinski definition) is 6. The predicted molar refractivity (Wildman–Crippen MR) is 168 cm³/mol. The van der Waals surface area contributed by atoms with Crippen LogP contribution >= 0.6 is 11.6 Å². The molecule has 2 aliphatic rings. The van der Waals surface area contributed by atoms with Crippen molar-refractivity contribution in [2.45, 2.75) is 88.2 Å². The predicted octanol–water partition coefficient (Wildman–Crippen LogP) is 4.95. The van der Waals surface area contributed by atoms with Crippen molar-refractivity contribution in [1.82, 2.24) is 4.90 Å². The summed E-state index contributed by atoms with van der Waals surface area (Å²) in [4.78, 5) is 14.5. The summed E-state index contributed by atoms with van der Waals surface area (Å²) in [5, 5.41) is 31.4. The third-order valence-corrected chi connectivity index (χ3v) is 9.54. The van der Waals surface area contributed by atoms with Gasteiger partial charge >= 0.3 is 0 Å². The molecule has 1 amide bonds. The highest BCUT2D eigenvalue weighted by molar-refractivity contribution is 6.31. The van der Waals surface area contributed by atoms with Crippen LogP contribution in [0.2, 0.25) is 5.02 Å². The molecule has 7 nitrogen and oxygen atoms in total. The van der Waals surface area contributed by atoms with Gasteiger partial charge in [-0.25, -0.2) is 13.2 Å². The van der Waals surface area contributed by atoms with E-state index in [-0.39, 0.29) is 36.3 Å². The van der Waals surface area contributed by atoms with E-state index < -0.39 is 41.8 Å². The molecule has 0 aromatic heterocycles. The average Bonchev–Trinajstić information content (AvgIpc) is 3.01. The molecule has 5 atom stereocenters. The van der Waals surface area contributed by atoms with Crippen molar-refractivity contribution in [3.05, 3.63) is 98.8 Å². The second-order valence-electron chi connectivity index (χ2n) is 12.6. The summed E-state index contributed by atoms with van der Waals surface area (Å²) in [6.45, 7) is 2.89. The van der Waals surface area contributed by atoms with Crippen LogP contribution in [0.5, 0.6) is 5.75 Å². The first-order valence-electron chi connectivity index (χ1n) is 15.6. The number of carbonyl (C=O) groups excluding carboxylic acids is 1. The summed E-state index contributed by atoms with van der Waals surface area (Å²) in [5.74, 6) is -3.07. The van der Waals surface area contributed by atoms with Gasteiger partial charge in [-0.3, -0.25) is 4.79 Å². The van der Waals surface area contributed by atoms with Crippen molar-refractivity contribution < 1.29 is 38.0 Å². The van der Waals surface area contributed by atoms with Crippen molar-refractivity contribution in [3.8, 4) is 5.75 Å². The molecular weight excluding hydrogens is 621 g/mol. The van der Waals surface area contributed by atoms with Gasteiger partial charge in [0.15, 0.2) is 11.6 Å². The number of piperidine rings is 1. The van der Waals surface area contributed by atoms with Gasteiger partial charge in [-0.1, -0.05) is 29.8 Å². The van der Waals surface area contributed by atoms with Crippen LogP contribution < -0.4 is 10.5 Å². The lowest BCUT2D eigenvalue weighted by Crippen LogP contribution is -2.45. The molecule has 0 spiro atoms. The molecule has 0 unspecified atom stereocenters. The Morgan fingerprint density at radius 2 is 1.61 bits per heavy atom. The van der Waals surface area contributed by atoms with Gasteiger partial charge in [0.1, 0.15) is 23.8 Å². The number of amides is 1. The molecule has 1 aliphatic heterocycles. The zero-order valence-electron chi connectivity index (χ0n) is 25.6. The molecule has 1 heterocycles. The number of rotatable bonds is 9. The lowest BCUT2D eigenvalue weighted by atomic mass is 9.77. The van der Waals surface area contributed by atoms with E-state index in [0.29, 0.717) is 62.0 Å². The Hall–Kier alpha value is -3.15. The maximum Gasteiger partial charge on any atom is 0.224 e. The normalized spacial score (nSPS) is 22.9. The highest BCUT2D eigenvalue weighted by Crippen LogP contribution is 2.37. The summed E-state index contributed by atoms with van der Waals surface area (Å²) >= 11 is 6.60. The summed E-state index contributed by atoms with van der Waals surface area (Å²) in [6, 6.07) is 12.1. The van der Waals surface area contributed by atoms with Crippen LogP contribution in [0.15, 0.2) is 48.5 Å². The van der Waals surface area contributed by atoms with E-state index in [9.17, 15) is 33.3 Å². The van der Waals surface area contributed by atoms with Crippen LogP contribution in [0, 0.1) is 24.4 Å². The third kappa shape index (κ3) is 8.04. The van der Waals surface area contributed by atoms with Crippen molar-refractivity contribution in [1.29, 1.82) is 0 Å². The smallest absolute Gasteiger partial charge is 0.224 e. The second-order valence-corrected chi connectivity index (χ2v) is 13.0. The molecule has 0 radical (unpaired) electrons. The third-order valence-electron chi connectivity index (χ3n) is 9.19. The minimum atomic E-state index is -1.27. The van der Waals surface area contributed by atoms with E-state index >= 15 is 0 Å². The van der Waals surface area contributed by atoms with Crippen LogP contribution in [0.1, 0.15) is 65.8 Å². The molecule has 248 valence electrons. The van der Waals surface area contributed by atoms with E-state index in [0.717, 1.165) is 28.3 Å². The van der Waals surface area contributed by atoms with E-state index in [1.165, 1.54) is 0 Å². The second kappa shape index (κ2) is 14.7. The zero-order valence-corrected chi connectivity index (χ0v) is 26.4. The number of aliphatic hydroxyl groups excluding tert-OH is 3. The van der Waals surface area contributed by atoms with Gasteiger partial charge in [0.05, 0.1) is 12.2 Å². The molecule has 2 fully saturated rings. The van der Waals surface area contributed by atoms with Crippen LogP contribution in [-0.2, 0) is 17.6 Å². The number of halogens is 4. The fourth-order valence-corrected chi connectivity index (χ4v) is 6.80. The molecule has 5 rings (SSSR count). The maximum atomic E-state index is 14.0. The Balaban J connectivity index is 1.11. The van der Waals surface area contributed by atoms with Crippen LogP contribution in [0.3, 0.4) is 0 Å². The molecule has 0 bridgehead atoms. The fraction of sp³-hybridized carbons (Fsp3) is 0.457. The summed E-state index contributed by atoms with van der Waals surface area (Å²) in [6.07, 6.45) is -0.579. The van der Waals surface area contributed by atoms with E-state index in [2.05, 4.69) is 0 Å². The fourth-order valence-electron chi connectivity index (χ4n) is 6.52. The minimum Gasteiger partial charge on any atom is -0.490 e. The Morgan fingerprint density at radius 1 is 0.935 bits per heavy atom. The van der Waals surface area contributed by atoms with Gasteiger partial charge in [0, 0.05) is 55.4 Å². The van der Waals surface area contributed by atoms with E-state index in [4.69, 9.17) is 22.1 Å². The first-order valence-corrected chi connectivity index (χ1v) is 16.0. The van der Waals surface area contributed by atoms with Crippen molar-refractivity contribution >= 4 is 17.5 Å². The van der Waals surface area contributed by atoms with Gasteiger partial charge in [-0.15, -0.1) is 0 Å². The van der Waals surface area contributed by atoms with Gasteiger partial charge in [-0.05, 0) is 84.7 Å². The van der Waals surface area contributed by atoms with Crippen LogP contribution in [0.4, 0.5) is 13.2 Å². The molecule has 1 aliphatic carbocycles. The van der Waals surface area contributed by atoms with Crippen molar-refractivity contribution in [2.75, 3.05) is 13.1 Å². The Kier molecular flexibility index (Phi) is 11.0. The molecule has 1 saturated carbocycles. The number of carbonyl (C=O) groups is 1. The van der Waals surface area contributed by atoms with Crippen LogP contribution in [0.25, 0.3) is 0 Å². The maximum absolute atomic E-state index is 14.0. The number of benzene rings is 3. The molecule has 46 heavy (non-hydrogen) atoms. The zero-order chi connectivity index (χ0) is 33.1. The average molecular weight is 661 g/mol. The summed E-state index contributed by atoms with van der Waals surface area (Å²) in [5.41, 5.74) is 9.74. The first kappa shape index (κ1) is 34.2. The summed E-state index contributed by atoms with van der Waals surface area (Å²) < 4.78 is 46.8. The standard InChI is InChI=1S/C35H40ClF3N2O5/c1-19-12-28(36)21(15-27(19)26-6-7-32(42)35(45)34(26)44)13-20-2-4-24(5-3-20)46-25-8-10-41(11-9-25)33(43)17-23(40)14-22-16-30(38)31(39)18-29(22)37/h2-5,12,15-16,18,23,25-26,32,34-35,42,44-45H,6-11,13-14,17,40H2,1H3/t23-,26+,32-,34+,35+/m1/s1. The Labute approximate surface area is 271 Å². The van der Waals surface area contributed by atoms with Crippen LogP contribution in [-0.4, -0.2) is 69.7 Å². The molecule has 1 saturated heterocycles. The molecule has 3 aromatic rings. The Morgan fingerprint density at radius 3 is 2.30 bits per heavy atom. The lowest BCUT2D eigenvalue weighted by Gasteiger charge is -2.36. The van der Waals surface area contributed by atoms with Gasteiger partial charge in [0.2, 0.25) is 5.91 Å². The lowest BCUT2D eigenvalue weighted by molar-refractivity contribution is -0.133. The summed E-state index contributed by atoms with van der Waals surface area (Å²) in [7, 11) is 0. The Bertz CT molecular complexity index is 1530. The van der Waals surface area contributed by atoms with Crippen molar-refractivity contribution in [3.63, 3.8) is 0 Å². The van der Waals surface area contributed by atoms with Gasteiger partial charge in [-0.2, -0.15) is 0 Å². The highest BCUT2D eigenvalue weighted by atomic mass is 35.5.